The average molecular weight is 761 g/mol. The highest BCUT2D eigenvalue weighted by Crippen LogP contribution is 2.54. The van der Waals surface area contributed by atoms with E-state index >= 15 is 0 Å². The maximum Gasteiger partial charge on any atom is 0.297 e. The zero-order chi connectivity index (χ0) is 40.7. The first-order valence-corrected chi connectivity index (χ1v) is 20.9. The van der Waals surface area contributed by atoms with Crippen LogP contribution >= 0.6 is 0 Å². The first-order chi connectivity index (χ1) is 27.4. The topological polar surface area (TPSA) is 28.9 Å². The quantitative estimate of drug-likeness (QED) is 0.164. The van der Waals surface area contributed by atoms with Crippen molar-refractivity contribution < 1.29 is 9.15 Å². The van der Waals surface area contributed by atoms with Gasteiger partial charge in [0.1, 0.15) is 17.1 Å². The van der Waals surface area contributed by atoms with Crippen LogP contribution in [-0.4, -0.2) is 6.71 Å². The van der Waals surface area contributed by atoms with Crippen LogP contribution in [0.15, 0.2) is 126 Å². The molecule has 3 aliphatic rings. The molecule has 0 N–H and O–H groups in total. The van der Waals surface area contributed by atoms with Gasteiger partial charge in [-0.3, -0.25) is 0 Å². The van der Waals surface area contributed by atoms with E-state index < -0.39 is 0 Å². The number of benzene rings is 6. The van der Waals surface area contributed by atoms with E-state index in [9.17, 15) is 0 Å². The van der Waals surface area contributed by atoms with Gasteiger partial charge in [-0.05, 0) is 105 Å². The number of hydrogen-bond donors (Lipinski definition) is 0. The SMILES string of the molecule is CC(C)(C)c1ccc(N2c3ccc(C(C)(C)C)cc3B3c4oc5c6c(ccc5c4N(c4ccc(C(C)(C)C)cc4)c4cccc2c43)Oc2ccccc2C6(C)C)cc1. The van der Waals surface area contributed by atoms with E-state index in [0.29, 0.717) is 0 Å². The smallest absolute Gasteiger partial charge is 0.297 e. The molecule has 10 rings (SSSR count). The lowest BCUT2D eigenvalue weighted by Crippen LogP contribution is -2.61. The molecule has 0 unspecified atom stereocenters. The van der Waals surface area contributed by atoms with Gasteiger partial charge in [0.25, 0.3) is 6.71 Å². The van der Waals surface area contributed by atoms with Gasteiger partial charge < -0.3 is 19.0 Å². The van der Waals surface area contributed by atoms with Crippen LogP contribution in [0.25, 0.3) is 11.0 Å². The minimum atomic E-state index is -0.360. The van der Waals surface area contributed by atoms with Gasteiger partial charge >= 0.3 is 0 Å². The van der Waals surface area contributed by atoms with Crippen LogP contribution < -0.4 is 31.1 Å². The van der Waals surface area contributed by atoms with Crippen LogP contribution in [0.2, 0.25) is 0 Å². The molecule has 0 aliphatic carbocycles. The molecule has 58 heavy (non-hydrogen) atoms. The number of nitrogens with zero attached hydrogens (tertiary/aromatic N) is 2. The van der Waals surface area contributed by atoms with E-state index in [0.717, 1.165) is 56.3 Å². The third-order valence-electron chi connectivity index (χ3n) is 13.0. The summed E-state index contributed by atoms with van der Waals surface area (Å²) < 4.78 is 14.2. The highest BCUT2D eigenvalue weighted by molar-refractivity contribution is 7.00. The maximum absolute atomic E-state index is 7.55. The Morgan fingerprint density at radius 2 is 1.10 bits per heavy atom. The molecule has 0 atom stereocenters. The number of furan rings is 1. The summed E-state index contributed by atoms with van der Waals surface area (Å²) in [7, 11) is 0. The van der Waals surface area contributed by atoms with E-state index in [4.69, 9.17) is 9.15 Å². The lowest BCUT2D eigenvalue weighted by molar-refractivity contribution is 0.417. The molecule has 0 amide bonds. The van der Waals surface area contributed by atoms with E-state index in [1.54, 1.807) is 0 Å². The second-order valence-electron chi connectivity index (χ2n) is 20.3. The highest BCUT2D eigenvalue weighted by Gasteiger charge is 2.48. The van der Waals surface area contributed by atoms with Gasteiger partial charge in [0, 0.05) is 50.4 Å². The molecule has 4 heterocycles. The number of hydrogen-bond acceptors (Lipinski definition) is 4. The van der Waals surface area contributed by atoms with Crippen molar-refractivity contribution in [3.63, 3.8) is 0 Å². The van der Waals surface area contributed by atoms with Gasteiger partial charge in [0.2, 0.25) is 0 Å². The van der Waals surface area contributed by atoms with E-state index in [2.05, 4.69) is 207 Å². The second kappa shape index (κ2) is 12.2. The van der Waals surface area contributed by atoms with Crippen LogP contribution in [0.3, 0.4) is 0 Å². The minimum Gasteiger partial charge on any atom is -0.468 e. The van der Waals surface area contributed by atoms with Crippen molar-refractivity contribution in [2.75, 3.05) is 9.80 Å². The Balaban J connectivity index is 1.29. The molecule has 290 valence electrons. The lowest BCUT2D eigenvalue weighted by Gasteiger charge is -2.43. The van der Waals surface area contributed by atoms with Crippen molar-refractivity contribution in [1.29, 1.82) is 0 Å². The minimum absolute atomic E-state index is 0.0311. The van der Waals surface area contributed by atoms with Crippen molar-refractivity contribution in [2.45, 2.75) is 97.8 Å². The first kappa shape index (κ1) is 36.7. The molecule has 1 aromatic heterocycles. The van der Waals surface area contributed by atoms with Gasteiger partial charge in [-0.25, -0.2) is 0 Å². The highest BCUT2D eigenvalue weighted by atomic mass is 16.5. The van der Waals surface area contributed by atoms with Crippen LogP contribution in [0.1, 0.15) is 104 Å². The third kappa shape index (κ3) is 5.35. The van der Waals surface area contributed by atoms with Crippen molar-refractivity contribution >= 4 is 68.4 Å². The molecule has 4 nitrogen and oxygen atoms in total. The van der Waals surface area contributed by atoms with Gasteiger partial charge in [-0.1, -0.05) is 137 Å². The monoisotopic (exact) mass is 760 g/mol. The average Bonchev–Trinajstić information content (AvgIpc) is 3.55. The Labute approximate surface area is 344 Å². The molecular weight excluding hydrogens is 707 g/mol. The number of ether oxygens (including phenoxy) is 1. The molecule has 5 heteroatoms. The summed E-state index contributed by atoms with van der Waals surface area (Å²) >= 11 is 0. The molecular formula is C53H53BN2O2. The Bertz CT molecular complexity index is 2790. The summed E-state index contributed by atoms with van der Waals surface area (Å²) in [5.74, 6) is 1.75. The van der Waals surface area contributed by atoms with Crippen molar-refractivity contribution in [2.24, 2.45) is 0 Å². The maximum atomic E-state index is 7.55. The summed E-state index contributed by atoms with van der Waals surface area (Å²) in [5, 5.41) is 1.09. The predicted octanol–water partition coefficient (Wildman–Crippen LogP) is 12.8. The normalized spacial score (nSPS) is 15.3. The largest absolute Gasteiger partial charge is 0.468 e. The molecule has 0 fully saturated rings. The zero-order valence-corrected chi connectivity index (χ0v) is 35.8. The molecule has 0 spiro atoms. The van der Waals surface area contributed by atoms with Crippen LogP contribution in [0.5, 0.6) is 11.5 Å². The third-order valence-corrected chi connectivity index (χ3v) is 13.0. The lowest BCUT2D eigenvalue weighted by atomic mass is 9.35. The second-order valence-corrected chi connectivity index (χ2v) is 20.3. The van der Waals surface area contributed by atoms with E-state index in [1.165, 1.54) is 44.7 Å². The number of fused-ring (bicyclic) bond motifs is 9. The molecule has 0 bridgehead atoms. The number of rotatable bonds is 2. The molecule has 0 saturated heterocycles. The van der Waals surface area contributed by atoms with Crippen LogP contribution in [-0.2, 0) is 21.7 Å². The summed E-state index contributed by atoms with van der Waals surface area (Å²) in [5.41, 5.74) is 17.1. The standard InChI is InChI=1S/C53H53BN2O2/c1-50(2,3)32-19-24-35(25-20-32)55-40-29-23-34(52(7,8)9)31-39(40)54-46-41(55)16-14-17-42(46)56(36-26-21-33(22-27-36)51(4,5)6)47-37-28-30-44-45(48(37)58-49(47)54)53(10,11)38-15-12-13-18-43(38)57-44/h12-31H,1-11H3. The van der Waals surface area contributed by atoms with Gasteiger partial charge in [-0.2, -0.15) is 0 Å². The van der Waals surface area contributed by atoms with E-state index in [1.807, 2.05) is 0 Å². The van der Waals surface area contributed by atoms with Crippen molar-refractivity contribution in [1.82, 2.24) is 0 Å². The fraction of sp³-hybridized carbons (Fsp3) is 0.283. The predicted molar refractivity (Wildman–Crippen MR) is 245 cm³/mol. The fourth-order valence-electron chi connectivity index (χ4n) is 9.70. The summed E-state index contributed by atoms with van der Waals surface area (Å²) in [6.07, 6.45) is 0. The summed E-state index contributed by atoms with van der Waals surface area (Å²) in [6.45, 7) is 25.1. The van der Waals surface area contributed by atoms with Crippen LogP contribution in [0.4, 0.5) is 34.1 Å². The van der Waals surface area contributed by atoms with Gasteiger partial charge in [-0.15, -0.1) is 0 Å². The summed E-state index contributed by atoms with van der Waals surface area (Å²) in [6, 6.07) is 45.2. The Morgan fingerprint density at radius 3 is 1.72 bits per heavy atom. The van der Waals surface area contributed by atoms with Gasteiger partial charge in [0.15, 0.2) is 0 Å². The molecule has 6 aromatic carbocycles. The number of anilines is 6. The van der Waals surface area contributed by atoms with Crippen molar-refractivity contribution in [3.8, 4) is 11.5 Å². The Hall–Kier alpha value is -5.68. The molecule has 0 radical (unpaired) electrons. The zero-order valence-electron chi connectivity index (χ0n) is 35.8. The molecule has 7 aromatic rings. The first-order valence-electron chi connectivity index (χ1n) is 20.9. The van der Waals surface area contributed by atoms with E-state index in [-0.39, 0.29) is 28.4 Å². The summed E-state index contributed by atoms with van der Waals surface area (Å²) in [4.78, 5) is 4.95. The fourth-order valence-corrected chi connectivity index (χ4v) is 9.70. The molecule has 3 aliphatic heterocycles. The Morgan fingerprint density at radius 1 is 0.534 bits per heavy atom. The molecule has 0 saturated carbocycles. The van der Waals surface area contributed by atoms with Gasteiger partial charge in [0.05, 0.1) is 11.3 Å². The van der Waals surface area contributed by atoms with Crippen LogP contribution in [0, 0.1) is 0 Å². The van der Waals surface area contributed by atoms with Crippen molar-refractivity contribution in [3.05, 3.63) is 149 Å². The Kier molecular flexibility index (Phi) is 7.69. The number of para-hydroxylation sites is 1.